The zero-order chi connectivity index (χ0) is 11.5. The van der Waals surface area contributed by atoms with E-state index in [0.717, 1.165) is 4.47 Å². The molecule has 1 aromatic heterocycles. The summed E-state index contributed by atoms with van der Waals surface area (Å²) in [5.74, 6) is 0.0786. The first kappa shape index (κ1) is 11.3. The standard InChI is InChI=1S/C10H6BrClFN3/c11-6-1-2-7(13)8(5-6)15-9-3-4-14-10(12)16-9/h1-5H,(H,14,15,16). The van der Waals surface area contributed by atoms with Crippen LogP contribution in [0.4, 0.5) is 15.9 Å². The summed E-state index contributed by atoms with van der Waals surface area (Å²) in [5, 5.41) is 2.92. The fourth-order valence-corrected chi connectivity index (χ4v) is 1.64. The minimum Gasteiger partial charge on any atom is -0.338 e. The molecule has 1 aromatic carbocycles. The molecule has 0 amide bonds. The summed E-state index contributed by atoms with van der Waals surface area (Å²) in [6.07, 6.45) is 1.49. The van der Waals surface area contributed by atoms with Crippen molar-refractivity contribution >= 4 is 39.0 Å². The molecule has 0 atom stereocenters. The van der Waals surface area contributed by atoms with Gasteiger partial charge in [-0.1, -0.05) is 15.9 Å². The van der Waals surface area contributed by atoms with Crippen molar-refractivity contribution in [2.24, 2.45) is 0 Å². The second kappa shape index (κ2) is 4.76. The van der Waals surface area contributed by atoms with Gasteiger partial charge in [-0.05, 0) is 35.9 Å². The van der Waals surface area contributed by atoms with Crippen LogP contribution in [-0.4, -0.2) is 9.97 Å². The van der Waals surface area contributed by atoms with Gasteiger partial charge in [0.05, 0.1) is 5.69 Å². The number of nitrogens with zero attached hydrogens (tertiary/aromatic N) is 2. The van der Waals surface area contributed by atoms with E-state index in [1.165, 1.54) is 12.3 Å². The molecule has 82 valence electrons. The molecular weight excluding hydrogens is 296 g/mol. The minimum absolute atomic E-state index is 0.111. The Morgan fingerprint density at radius 1 is 1.31 bits per heavy atom. The molecule has 0 unspecified atom stereocenters. The average molecular weight is 303 g/mol. The van der Waals surface area contributed by atoms with Crippen LogP contribution < -0.4 is 5.32 Å². The van der Waals surface area contributed by atoms with Gasteiger partial charge in [0.15, 0.2) is 0 Å². The van der Waals surface area contributed by atoms with Gasteiger partial charge in [-0.15, -0.1) is 0 Å². The second-order valence-corrected chi connectivity index (χ2v) is 4.21. The Morgan fingerprint density at radius 2 is 2.12 bits per heavy atom. The molecule has 0 bridgehead atoms. The first-order valence-corrected chi connectivity index (χ1v) is 5.53. The minimum atomic E-state index is -0.363. The van der Waals surface area contributed by atoms with Gasteiger partial charge in [0, 0.05) is 10.7 Å². The van der Waals surface area contributed by atoms with Gasteiger partial charge in [0.1, 0.15) is 11.6 Å². The quantitative estimate of drug-likeness (QED) is 0.858. The Bertz CT molecular complexity index is 521. The topological polar surface area (TPSA) is 37.8 Å². The van der Waals surface area contributed by atoms with Crippen molar-refractivity contribution in [1.82, 2.24) is 9.97 Å². The van der Waals surface area contributed by atoms with Crippen LogP contribution in [0.15, 0.2) is 34.9 Å². The summed E-state index contributed by atoms with van der Waals surface area (Å²) in [6.45, 7) is 0. The molecule has 0 aliphatic rings. The predicted molar refractivity (Wildman–Crippen MR) is 64.4 cm³/mol. The molecule has 2 rings (SSSR count). The number of hydrogen-bond acceptors (Lipinski definition) is 3. The van der Waals surface area contributed by atoms with Gasteiger partial charge in [-0.25, -0.2) is 14.4 Å². The van der Waals surface area contributed by atoms with Gasteiger partial charge in [-0.3, -0.25) is 0 Å². The fourth-order valence-electron chi connectivity index (χ4n) is 1.14. The highest BCUT2D eigenvalue weighted by Gasteiger charge is 2.04. The van der Waals surface area contributed by atoms with Gasteiger partial charge < -0.3 is 5.32 Å². The maximum Gasteiger partial charge on any atom is 0.224 e. The van der Waals surface area contributed by atoms with Crippen LogP contribution in [0.1, 0.15) is 0 Å². The Hall–Kier alpha value is -1.20. The van der Waals surface area contributed by atoms with Crippen LogP contribution in [0, 0.1) is 5.82 Å². The summed E-state index contributed by atoms with van der Waals surface area (Å²) in [7, 11) is 0. The molecular formula is C10H6BrClFN3. The summed E-state index contributed by atoms with van der Waals surface area (Å²) in [4.78, 5) is 7.63. The maximum absolute atomic E-state index is 13.4. The average Bonchev–Trinajstić information content (AvgIpc) is 2.24. The Labute approximate surface area is 105 Å². The lowest BCUT2D eigenvalue weighted by atomic mass is 10.3. The van der Waals surface area contributed by atoms with Crippen LogP contribution in [-0.2, 0) is 0 Å². The second-order valence-electron chi connectivity index (χ2n) is 2.96. The number of hydrogen-bond donors (Lipinski definition) is 1. The molecule has 3 nitrogen and oxygen atoms in total. The van der Waals surface area contributed by atoms with Gasteiger partial charge >= 0.3 is 0 Å². The highest BCUT2D eigenvalue weighted by Crippen LogP contribution is 2.23. The highest BCUT2D eigenvalue weighted by atomic mass is 79.9. The Balaban J connectivity index is 2.30. The fraction of sp³-hybridized carbons (Fsp3) is 0. The van der Waals surface area contributed by atoms with Crippen molar-refractivity contribution in [2.75, 3.05) is 5.32 Å². The van der Waals surface area contributed by atoms with Crippen LogP contribution in [0.3, 0.4) is 0 Å². The zero-order valence-corrected chi connectivity index (χ0v) is 10.3. The van der Waals surface area contributed by atoms with Gasteiger partial charge in [-0.2, -0.15) is 0 Å². The third kappa shape index (κ3) is 2.68. The molecule has 0 aliphatic heterocycles. The number of benzene rings is 1. The molecule has 0 saturated heterocycles. The van der Waals surface area contributed by atoms with Crippen LogP contribution in [0.2, 0.25) is 5.28 Å². The van der Waals surface area contributed by atoms with E-state index >= 15 is 0 Å². The van der Waals surface area contributed by atoms with Crippen LogP contribution in [0.25, 0.3) is 0 Å². The summed E-state index contributed by atoms with van der Waals surface area (Å²) < 4.78 is 14.2. The van der Waals surface area contributed by atoms with Crippen molar-refractivity contribution in [1.29, 1.82) is 0 Å². The predicted octanol–water partition coefficient (Wildman–Crippen LogP) is 3.78. The van der Waals surface area contributed by atoms with Crippen molar-refractivity contribution < 1.29 is 4.39 Å². The third-order valence-corrected chi connectivity index (χ3v) is 2.49. The van der Waals surface area contributed by atoms with E-state index in [2.05, 4.69) is 31.2 Å². The van der Waals surface area contributed by atoms with Crippen molar-refractivity contribution in [3.8, 4) is 0 Å². The van der Waals surface area contributed by atoms with E-state index < -0.39 is 0 Å². The molecule has 2 aromatic rings. The van der Waals surface area contributed by atoms with Crippen LogP contribution in [0.5, 0.6) is 0 Å². The van der Waals surface area contributed by atoms with E-state index in [0.29, 0.717) is 11.5 Å². The van der Waals surface area contributed by atoms with E-state index in [9.17, 15) is 4.39 Å². The first-order valence-electron chi connectivity index (χ1n) is 4.36. The number of rotatable bonds is 2. The van der Waals surface area contributed by atoms with Gasteiger partial charge in [0.2, 0.25) is 5.28 Å². The van der Waals surface area contributed by atoms with E-state index in [1.54, 1.807) is 18.2 Å². The summed E-state index contributed by atoms with van der Waals surface area (Å²) in [6, 6.07) is 6.19. The van der Waals surface area contributed by atoms with Crippen LogP contribution >= 0.6 is 27.5 Å². The lowest BCUT2D eigenvalue weighted by molar-refractivity contribution is 0.631. The third-order valence-electron chi connectivity index (χ3n) is 1.82. The zero-order valence-electron chi connectivity index (χ0n) is 7.92. The van der Waals surface area contributed by atoms with Crippen molar-refractivity contribution in [3.05, 3.63) is 46.0 Å². The Morgan fingerprint density at radius 3 is 2.88 bits per heavy atom. The highest BCUT2D eigenvalue weighted by molar-refractivity contribution is 9.10. The molecule has 6 heteroatoms. The largest absolute Gasteiger partial charge is 0.338 e. The molecule has 0 spiro atoms. The normalized spacial score (nSPS) is 10.2. The number of halogens is 3. The lowest BCUT2D eigenvalue weighted by Gasteiger charge is -2.06. The van der Waals surface area contributed by atoms with Crippen molar-refractivity contribution in [2.45, 2.75) is 0 Å². The summed E-state index contributed by atoms with van der Waals surface area (Å²) in [5.41, 5.74) is 0.323. The maximum atomic E-state index is 13.4. The van der Waals surface area contributed by atoms with E-state index in [-0.39, 0.29) is 11.1 Å². The lowest BCUT2D eigenvalue weighted by Crippen LogP contribution is -1.97. The SMILES string of the molecule is Fc1ccc(Br)cc1Nc1ccnc(Cl)n1. The molecule has 0 saturated carbocycles. The number of aromatic nitrogens is 2. The Kier molecular flexibility index (Phi) is 3.36. The van der Waals surface area contributed by atoms with Crippen molar-refractivity contribution in [3.63, 3.8) is 0 Å². The molecule has 0 fully saturated rings. The monoisotopic (exact) mass is 301 g/mol. The number of nitrogens with one attached hydrogen (secondary N) is 1. The van der Waals surface area contributed by atoms with E-state index in [4.69, 9.17) is 11.6 Å². The smallest absolute Gasteiger partial charge is 0.224 e. The van der Waals surface area contributed by atoms with Gasteiger partial charge in [0.25, 0.3) is 0 Å². The molecule has 0 radical (unpaired) electrons. The molecule has 16 heavy (non-hydrogen) atoms. The summed E-state index contributed by atoms with van der Waals surface area (Å²) >= 11 is 8.88. The molecule has 0 aliphatic carbocycles. The molecule has 1 heterocycles. The van der Waals surface area contributed by atoms with E-state index in [1.807, 2.05) is 0 Å². The first-order chi connectivity index (χ1) is 7.65. The number of anilines is 2. The molecule has 1 N–H and O–H groups in total.